The molecule has 0 aromatic rings. The Kier molecular flexibility index (Phi) is 4.35. The number of fused-ring (bicyclic) bond motifs is 1. The van der Waals surface area contributed by atoms with Crippen molar-refractivity contribution < 1.29 is 9.53 Å². The highest BCUT2D eigenvalue weighted by atomic mass is 28.4. The summed E-state index contributed by atoms with van der Waals surface area (Å²) < 4.78 is 6.71. The largest absolute Gasteiger partial charge is 0.413 e. The van der Waals surface area contributed by atoms with E-state index in [4.69, 9.17) is 9.53 Å². The average Bonchev–Trinajstić information content (AvgIpc) is 2.97. The number of hydrogen-bond donors (Lipinski definition) is 1. The van der Waals surface area contributed by atoms with E-state index in [1.807, 2.05) is 6.08 Å². The van der Waals surface area contributed by atoms with E-state index < -0.39 is 8.32 Å². The molecule has 2 bridgehead atoms. The fourth-order valence-corrected chi connectivity index (χ4v) is 6.95. The molecule has 1 N–H and O–H groups in total. The Bertz CT molecular complexity index is 299. The molecule has 0 amide bonds. The van der Waals surface area contributed by atoms with Crippen LogP contribution < -0.4 is 0 Å². The number of aliphatic hydroxyl groups excluding tert-OH is 1. The van der Waals surface area contributed by atoms with Gasteiger partial charge in [-0.3, -0.25) is 0 Å². The number of hydrogen-bond acceptors (Lipinski definition) is 2. The molecule has 3 aliphatic carbocycles. The Balaban J connectivity index is 2.08. The predicted molar refractivity (Wildman–Crippen MR) is 78.1 cm³/mol. The molecule has 2 nitrogen and oxygen atoms in total. The Morgan fingerprint density at radius 2 is 1.94 bits per heavy atom. The van der Waals surface area contributed by atoms with Crippen LogP contribution in [0.15, 0.2) is 12.2 Å². The van der Waals surface area contributed by atoms with Crippen molar-refractivity contribution in [2.24, 2.45) is 11.3 Å². The minimum Gasteiger partial charge on any atom is -0.413 e. The average molecular weight is 268 g/mol. The minimum atomic E-state index is -1.48. The first kappa shape index (κ1) is 14.3. The van der Waals surface area contributed by atoms with E-state index in [2.05, 4.69) is 26.8 Å². The van der Waals surface area contributed by atoms with Gasteiger partial charge in [0, 0.05) is 5.41 Å². The summed E-state index contributed by atoms with van der Waals surface area (Å²) >= 11 is 0. The summed E-state index contributed by atoms with van der Waals surface area (Å²) in [5, 5.41) is 9.00. The van der Waals surface area contributed by atoms with E-state index in [1.54, 1.807) is 0 Å². The maximum absolute atomic E-state index is 9.00. The molecule has 3 heteroatoms. The van der Waals surface area contributed by atoms with Crippen molar-refractivity contribution in [1.82, 2.24) is 0 Å². The maximum atomic E-state index is 9.00. The first-order valence-corrected chi connectivity index (χ1v) is 10.1. The smallest absolute Gasteiger partial charge is 0.192 e. The predicted octanol–water partition coefficient (Wildman–Crippen LogP) is 3.73. The Hall–Kier alpha value is -0.123. The van der Waals surface area contributed by atoms with E-state index >= 15 is 0 Å². The second-order valence-corrected chi connectivity index (χ2v) is 10.8. The molecule has 0 spiro atoms. The minimum absolute atomic E-state index is 0.164. The Labute approximate surface area is 113 Å². The molecular weight excluding hydrogens is 240 g/mol. The van der Waals surface area contributed by atoms with Gasteiger partial charge in [-0.1, -0.05) is 32.9 Å². The maximum Gasteiger partial charge on any atom is 0.192 e. The van der Waals surface area contributed by atoms with Gasteiger partial charge in [0.2, 0.25) is 0 Å². The van der Waals surface area contributed by atoms with Gasteiger partial charge in [0.1, 0.15) is 0 Å². The summed E-state index contributed by atoms with van der Waals surface area (Å²) in [5.74, 6) is 0.796. The van der Waals surface area contributed by atoms with Crippen LogP contribution in [0.3, 0.4) is 0 Å². The normalized spacial score (nSPS) is 35.1. The Morgan fingerprint density at radius 3 is 2.44 bits per heavy atom. The van der Waals surface area contributed by atoms with Crippen molar-refractivity contribution in [2.45, 2.75) is 64.3 Å². The van der Waals surface area contributed by atoms with Crippen LogP contribution in [0.5, 0.6) is 0 Å². The van der Waals surface area contributed by atoms with Crippen molar-refractivity contribution in [3.63, 3.8) is 0 Å². The van der Waals surface area contributed by atoms with Crippen molar-refractivity contribution in [3.05, 3.63) is 12.2 Å². The molecule has 0 radical (unpaired) electrons. The molecule has 18 heavy (non-hydrogen) atoms. The highest BCUT2D eigenvalue weighted by molar-refractivity contribution is 6.73. The van der Waals surface area contributed by atoms with E-state index in [1.165, 1.54) is 37.4 Å². The van der Waals surface area contributed by atoms with Gasteiger partial charge in [0.15, 0.2) is 8.32 Å². The molecule has 0 saturated heterocycles. The zero-order valence-electron chi connectivity index (χ0n) is 12.1. The van der Waals surface area contributed by atoms with Gasteiger partial charge in [0.25, 0.3) is 0 Å². The molecule has 104 valence electrons. The van der Waals surface area contributed by atoms with Gasteiger partial charge in [-0.25, -0.2) is 0 Å². The first-order chi connectivity index (χ1) is 8.65. The lowest BCUT2D eigenvalue weighted by Crippen LogP contribution is -2.53. The standard InChI is InChI=1S/C15H28O2Si/c1-4-18(5-2,6-3)17-14-13-8-10-15(14,12-13)9-7-11-16/h7,9,13-14,16H,4-6,8,10-12H2,1-3H3/b9-7+/t13-,14+,15+/m1/s1. The van der Waals surface area contributed by atoms with Crippen LogP contribution in [-0.4, -0.2) is 26.1 Å². The van der Waals surface area contributed by atoms with Crippen LogP contribution in [0.1, 0.15) is 40.0 Å². The van der Waals surface area contributed by atoms with E-state index in [9.17, 15) is 0 Å². The van der Waals surface area contributed by atoms with Crippen LogP contribution in [0.25, 0.3) is 0 Å². The third-order valence-electron chi connectivity index (χ3n) is 5.48. The molecule has 3 saturated carbocycles. The topological polar surface area (TPSA) is 29.5 Å². The van der Waals surface area contributed by atoms with E-state index in [0.717, 1.165) is 5.92 Å². The Morgan fingerprint density at radius 1 is 1.28 bits per heavy atom. The lowest BCUT2D eigenvalue weighted by atomic mass is 9.67. The van der Waals surface area contributed by atoms with Crippen LogP contribution in [0.4, 0.5) is 0 Å². The summed E-state index contributed by atoms with van der Waals surface area (Å²) in [6.07, 6.45) is 8.51. The first-order valence-electron chi connectivity index (χ1n) is 7.61. The van der Waals surface area contributed by atoms with Gasteiger partial charge in [-0.2, -0.15) is 0 Å². The second-order valence-electron chi connectivity index (χ2n) is 6.10. The summed E-state index contributed by atoms with van der Waals surface area (Å²) in [6, 6.07) is 3.72. The molecule has 0 aromatic carbocycles. The monoisotopic (exact) mass is 268 g/mol. The molecule has 3 rings (SSSR count). The molecule has 0 heterocycles. The highest BCUT2D eigenvalue weighted by Gasteiger charge is 2.59. The highest BCUT2D eigenvalue weighted by Crippen LogP contribution is 2.62. The fourth-order valence-electron chi connectivity index (χ4n) is 3.99. The molecule has 0 aliphatic heterocycles. The van der Waals surface area contributed by atoms with Crippen molar-refractivity contribution in [1.29, 1.82) is 0 Å². The zero-order valence-corrected chi connectivity index (χ0v) is 13.1. The molecule has 0 aromatic heterocycles. The summed E-state index contributed by atoms with van der Waals surface area (Å²) in [7, 11) is -1.48. The summed E-state index contributed by atoms with van der Waals surface area (Å²) in [4.78, 5) is 0. The fraction of sp³-hybridized carbons (Fsp3) is 0.867. The quantitative estimate of drug-likeness (QED) is 0.563. The van der Waals surface area contributed by atoms with E-state index in [0.29, 0.717) is 6.10 Å². The van der Waals surface area contributed by atoms with Gasteiger partial charge < -0.3 is 9.53 Å². The lowest BCUT2D eigenvalue weighted by Gasteiger charge is -2.50. The molecule has 3 aliphatic rings. The lowest BCUT2D eigenvalue weighted by molar-refractivity contribution is -0.0257. The molecule has 0 unspecified atom stereocenters. The number of aliphatic hydroxyl groups is 1. The van der Waals surface area contributed by atoms with Crippen LogP contribution in [0.2, 0.25) is 18.1 Å². The van der Waals surface area contributed by atoms with Crippen molar-refractivity contribution >= 4 is 8.32 Å². The SMILES string of the molecule is CC[Si](CC)(CC)O[C@H]1[C@@H]2CC[C@@]1(/C=C/CO)C2. The zero-order chi connectivity index (χ0) is 13.2. The van der Waals surface area contributed by atoms with Crippen LogP contribution >= 0.6 is 0 Å². The van der Waals surface area contributed by atoms with Crippen molar-refractivity contribution in [3.8, 4) is 0 Å². The summed E-state index contributed by atoms with van der Waals surface area (Å²) in [6.45, 7) is 7.07. The van der Waals surface area contributed by atoms with E-state index in [-0.39, 0.29) is 12.0 Å². The summed E-state index contributed by atoms with van der Waals surface area (Å²) in [5.41, 5.74) is 0.283. The third kappa shape index (κ3) is 2.21. The molecule has 3 atom stereocenters. The van der Waals surface area contributed by atoms with Crippen LogP contribution in [-0.2, 0) is 4.43 Å². The number of rotatable bonds is 7. The molecular formula is C15H28O2Si. The van der Waals surface area contributed by atoms with Crippen LogP contribution in [0, 0.1) is 11.3 Å². The van der Waals surface area contributed by atoms with Gasteiger partial charge >= 0.3 is 0 Å². The molecule has 3 fully saturated rings. The van der Waals surface area contributed by atoms with Gasteiger partial charge in [-0.05, 0) is 43.3 Å². The van der Waals surface area contributed by atoms with Gasteiger partial charge in [0.05, 0.1) is 12.7 Å². The van der Waals surface area contributed by atoms with Gasteiger partial charge in [-0.15, -0.1) is 0 Å². The van der Waals surface area contributed by atoms with Crippen molar-refractivity contribution in [2.75, 3.05) is 6.61 Å². The second kappa shape index (κ2) is 5.47. The third-order valence-corrected chi connectivity index (χ3v) is 10.1.